The summed E-state index contributed by atoms with van der Waals surface area (Å²) < 4.78 is 5.22. The Kier molecular flexibility index (Phi) is 9.71. The highest BCUT2D eigenvalue weighted by molar-refractivity contribution is 5.93. The predicted molar refractivity (Wildman–Crippen MR) is 116 cm³/mol. The minimum absolute atomic E-state index is 0.0548. The smallest absolute Gasteiger partial charge is 0.325 e. The maximum atomic E-state index is 12.9. The van der Waals surface area contributed by atoms with Crippen LogP contribution >= 0.6 is 0 Å². The molecule has 2 rings (SSSR count). The van der Waals surface area contributed by atoms with Gasteiger partial charge in [0.15, 0.2) is 0 Å². The van der Waals surface area contributed by atoms with Crippen LogP contribution in [0, 0.1) is 5.92 Å². The highest BCUT2D eigenvalue weighted by Crippen LogP contribution is 2.21. The van der Waals surface area contributed by atoms with Gasteiger partial charge in [0.05, 0.1) is 6.54 Å². The van der Waals surface area contributed by atoms with E-state index in [4.69, 9.17) is 10.5 Å². The molecule has 1 saturated carbocycles. The molecule has 0 spiro atoms. The van der Waals surface area contributed by atoms with Gasteiger partial charge in [-0.3, -0.25) is 19.2 Å². The van der Waals surface area contributed by atoms with Crippen LogP contribution in [0.15, 0.2) is 23.8 Å². The maximum Gasteiger partial charge on any atom is 0.325 e. The van der Waals surface area contributed by atoms with E-state index in [1.54, 1.807) is 13.8 Å². The molecule has 9 nitrogen and oxygen atoms in total. The molecule has 0 radical (unpaired) electrons. The van der Waals surface area contributed by atoms with E-state index in [9.17, 15) is 19.2 Å². The zero-order chi connectivity index (χ0) is 22.8. The molecule has 1 fully saturated rings. The van der Waals surface area contributed by atoms with Crippen LogP contribution in [0.2, 0.25) is 0 Å². The van der Waals surface area contributed by atoms with Gasteiger partial charge in [0, 0.05) is 0 Å². The third-order valence-corrected chi connectivity index (χ3v) is 5.41. The van der Waals surface area contributed by atoms with Gasteiger partial charge in [-0.1, -0.05) is 37.6 Å². The number of allylic oxidation sites excluding steroid dienone is 3. The molecule has 2 aliphatic carbocycles. The van der Waals surface area contributed by atoms with Gasteiger partial charge in [0.1, 0.15) is 24.7 Å². The van der Waals surface area contributed by atoms with E-state index in [-0.39, 0.29) is 25.1 Å². The molecule has 9 heteroatoms. The van der Waals surface area contributed by atoms with E-state index < -0.39 is 35.8 Å². The van der Waals surface area contributed by atoms with E-state index in [0.717, 1.165) is 37.7 Å². The third kappa shape index (κ3) is 8.16. The summed E-state index contributed by atoms with van der Waals surface area (Å²) in [5.74, 6) is -2.11. The number of hydrogen-bond donors (Lipinski definition) is 4. The largest absolute Gasteiger partial charge is 0.461 e. The molecule has 0 aliphatic heterocycles. The minimum Gasteiger partial charge on any atom is -0.461 e. The van der Waals surface area contributed by atoms with E-state index in [0.29, 0.717) is 6.42 Å². The molecular formula is C22H34N4O5. The summed E-state index contributed by atoms with van der Waals surface area (Å²) in [6, 6.07) is -1.70. The van der Waals surface area contributed by atoms with Crippen molar-refractivity contribution in [2.75, 3.05) is 13.1 Å². The Balaban J connectivity index is 1.96. The number of carbonyl (C=O) groups excluding carboxylic acids is 4. The summed E-state index contributed by atoms with van der Waals surface area (Å²) in [6.45, 7) is 3.10. The molecule has 3 amide bonds. The van der Waals surface area contributed by atoms with Gasteiger partial charge in [0.2, 0.25) is 17.7 Å². The van der Waals surface area contributed by atoms with Crippen LogP contribution in [0.25, 0.3) is 0 Å². The van der Waals surface area contributed by atoms with Gasteiger partial charge in [-0.25, -0.2) is 0 Å². The predicted octanol–water partition coefficient (Wildman–Crippen LogP) is 0.449. The summed E-state index contributed by atoms with van der Waals surface area (Å²) >= 11 is 0. The summed E-state index contributed by atoms with van der Waals surface area (Å²) in [4.78, 5) is 49.2. The maximum absolute atomic E-state index is 12.9. The fourth-order valence-electron chi connectivity index (χ4n) is 3.32. The Bertz CT molecular complexity index is 727. The first-order chi connectivity index (χ1) is 14.8. The number of carbonyl (C=O) groups is 4. The van der Waals surface area contributed by atoms with Crippen molar-refractivity contribution in [3.05, 3.63) is 23.8 Å². The Labute approximate surface area is 183 Å². The fraction of sp³-hybridized carbons (Fsp3) is 0.636. The second-order valence-electron chi connectivity index (χ2n) is 8.31. The van der Waals surface area contributed by atoms with Crippen molar-refractivity contribution in [2.45, 2.75) is 70.6 Å². The number of esters is 1. The molecule has 2 atom stereocenters. The number of ether oxygens (including phenoxy) is 1. The van der Waals surface area contributed by atoms with E-state index >= 15 is 0 Å². The topological polar surface area (TPSA) is 140 Å². The highest BCUT2D eigenvalue weighted by Gasteiger charge is 2.30. The zero-order valence-electron chi connectivity index (χ0n) is 18.3. The first-order valence-electron chi connectivity index (χ1n) is 10.9. The summed E-state index contributed by atoms with van der Waals surface area (Å²) in [7, 11) is 0. The van der Waals surface area contributed by atoms with Gasteiger partial charge in [-0.15, -0.1) is 0 Å². The van der Waals surface area contributed by atoms with Crippen LogP contribution in [0.5, 0.6) is 0 Å². The lowest BCUT2D eigenvalue weighted by atomic mass is 9.96. The van der Waals surface area contributed by atoms with Gasteiger partial charge in [-0.05, 0) is 44.4 Å². The van der Waals surface area contributed by atoms with Crippen LogP contribution in [-0.4, -0.2) is 55.0 Å². The van der Waals surface area contributed by atoms with E-state index in [1.807, 2.05) is 18.2 Å². The van der Waals surface area contributed by atoms with Gasteiger partial charge in [-0.2, -0.15) is 0 Å². The van der Waals surface area contributed by atoms with Gasteiger partial charge >= 0.3 is 5.97 Å². The molecule has 0 heterocycles. The number of nitrogens with one attached hydrogen (secondary N) is 3. The fourth-order valence-corrected chi connectivity index (χ4v) is 3.32. The molecule has 2 aliphatic rings. The van der Waals surface area contributed by atoms with Crippen molar-refractivity contribution >= 4 is 23.7 Å². The van der Waals surface area contributed by atoms with Crippen LogP contribution in [0.1, 0.15) is 52.4 Å². The lowest BCUT2D eigenvalue weighted by molar-refractivity contribution is -0.152. The minimum atomic E-state index is -0.860. The number of hydrogen-bond acceptors (Lipinski definition) is 6. The first-order valence-corrected chi connectivity index (χ1v) is 10.9. The summed E-state index contributed by atoms with van der Waals surface area (Å²) in [5, 5.41) is 7.89. The zero-order valence-corrected chi connectivity index (χ0v) is 18.3. The van der Waals surface area contributed by atoms with Crippen molar-refractivity contribution in [3.8, 4) is 0 Å². The van der Waals surface area contributed by atoms with Crippen LogP contribution < -0.4 is 21.7 Å². The molecule has 0 aromatic rings. The number of rotatable bonds is 11. The van der Waals surface area contributed by atoms with Crippen molar-refractivity contribution < 1.29 is 23.9 Å². The SMILES string of the molecule is CC(C)C(NC(=O)C(CC1=CC=CCC1)NC(=O)CN)C(=O)NCC(=O)OC1CCC1. The Morgan fingerprint density at radius 1 is 1.16 bits per heavy atom. The van der Waals surface area contributed by atoms with Crippen LogP contribution in [0.4, 0.5) is 0 Å². The molecule has 172 valence electrons. The monoisotopic (exact) mass is 434 g/mol. The lowest BCUT2D eigenvalue weighted by Crippen LogP contribution is -2.56. The average Bonchev–Trinajstić information content (AvgIpc) is 2.72. The Morgan fingerprint density at radius 2 is 1.90 bits per heavy atom. The van der Waals surface area contributed by atoms with Crippen LogP contribution in [-0.2, 0) is 23.9 Å². The molecule has 31 heavy (non-hydrogen) atoms. The van der Waals surface area contributed by atoms with Gasteiger partial charge in [0.25, 0.3) is 0 Å². The molecular weight excluding hydrogens is 400 g/mol. The van der Waals surface area contributed by atoms with Gasteiger partial charge < -0.3 is 26.4 Å². The third-order valence-electron chi connectivity index (χ3n) is 5.41. The second-order valence-corrected chi connectivity index (χ2v) is 8.31. The van der Waals surface area contributed by atoms with Crippen LogP contribution in [0.3, 0.4) is 0 Å². The number of amides is 3. The molecule has 0 bridgehead atoms. The van der Waals surface area contributed by atoms with Crippen molar-refractivity contribution in [1.29, 1.82) is 0 Å². The molecule has 0 aromatic heterocycles. The Morgan fingerprint density at radius 3 is 2.45 bits per heavy atom. The highest BCUT2D eigenvalue weighted by atomic mass is 16.5. The van der Waals surface area contributed by atoms with Crippen molar-refractivity contribution in [1.82, 2.24) is 16.0 Å². The van der Waals surface area contributed by atoms with Crippen molar-refractivity contribution in [2.24, 2.45) is 11.7 Å². The molecule has 2 unspecified atom stereocenters. The standard InChI is InChI=1S/C22H34N4O5/c1-14(2)20(22(30)24-13-19(28)31-16-9-6-10-16)26-21(29)17(25-18(27)12-23)11-15-7-4-3-5-8-15/h3-4,7,14,16-17,20H,5-6,8-13,23H2,1-2H3,(H,24,30)(H,25,27)(H,26,29). The molecule has 0 aromatic carbocycles. The summed E-state index contributed by atoms with van der Waals surface area (Å²) in [5.41, 5.74) is 6.42. The number of nitrogens with two attached hydrogens (primary N) is 1. The van der Waals surface area contributed by atoms with E-state index in [1.165, 1.54) is 0 Å². The quantitative estimate of drug-likeness (QED) is 0.348. The summed E-state index contributed by atoms with van der Waals surface area (Å²) in [6.07, 6.45) is 10.6. The van der Waals surface area contributed by atoms with E-state index in [2.05, 4.69) is 16.0 Å². The Hall–Kier alpha value is -2.68. The first kappa shape index (κ1) is 24.6. The molecule has 0 saturated heterocycles. The van der Waals surface area contributed by atoms with Crippen molar-refractivity contribution in [3.63, 3.8) is 0 Å². The second kappa shape index (κ2) is 12.2. The average molecular weight is 435 g/mol. The normalized spacial score (nSPS) is 17.7. The lowest BCUT2D eigenvalue weighted by Gasteiger charge is -2.27. The molecule has 5 N–H and O–H groups in total.